The third-order valence-corrected chi connectivity index (χ3v) is 4.44. The van der Waals surface area contributed by atoms with E-state index in [0.29, 0.717) is 23.9 Å². The molecular formula is C17H25ClN2O3. The van der Waals surface area contributed by atoms with Gasteiger partial charge >= 0.3 is 6.03 Å². The number of halogens is 1. The second-order valence-corrected chi connectivity index (χ2v) is 6.31. The lowest BCUT2D eigenvalue weighted by Crippen LogP contribution is -2.48. The van der Waals surface area contributed by atoms with Crippen LogP contribution in [0.1, 0.15) is 26.2 Å². The van der Waals surface area contributed by atoms with Crippen LogP contribution in [0, 0.1) is 5.92 Å². The van der Waals surface area contributed by atoms with Gasteiger partial charge in [-0.1, -0.05) is 30.7 Å². The second-order valence-electron chi connectivity index (χ2n) is 5.90. The zero-order chi connectivity index (χ0) is 16.7. The largest absolute Gasteiger partial charge is 0.487 e. The minimum absolute atomic E-state index is 0.0932. The monoisotopic (exact) mass is 340 g/mol. The first-order chi connectivity index (χ1) is 11.1. The molecule has 0 bridgehead atoms. The van der Waals surface area contributed by atoms with E-state index in [0.717, 1.165) is 25.8 Å². The first-order valence-corrected chi connectivity index (χ1v) is 8.56. The van der Waals surface area contributed by atoms with Crippen LogP contribution in [0.3, 0.4) is 0 Å². The van der Waals surface area contributed by atoms with Crippen LogP contribution in [0.5, 0.6) is 5.75 Å². The number of urea groups is 1. The van der Waals surface area contributed by atoms with Crippen LogP contribution in [-0.2, 0) is 0 Å². The van der Waals surface area contributed by atoms with Crippen molar-refractivity contribution in [3.8, 4) is 5.75 Å². The van der Waals surface area contributed by atoms with Gasteiger partial charge in [0.2, 0.25) is 0 Å². The Hall–Kier alpha value is -1.46. The minimum Gasteiger partial charge on any atom is -0.487 e. The van der Waals surface area contributed by atoms with Gasteiger partial charge in [-0.15, -0.1) is 0 Å². The number of nitrogens with zero attached hydrogens (tertiary/aromatic N) is 1. The van der Waals surface area contributed by atoms with E-state index < -0.39 is 0 Å². The lowest BCUT2D eigenvalue weighted by molar-refractivity contribution is 0.125. The molecule has 1 saturated heterocycles. The van der Waals surface area contributed by atoms with Gasteiger partial charge in [0.25, 0.3) is 0 Å². The molecule has 6 heteroatoms. The predicted molar refractivity (Wildman–Crippen MR) is 90.9 cm³/mol. The number of aliphatic hydroxyl groups is 1. The van der Waals surface area contributed by atoms with Crippen LogP contribution < -0.4 is 10.1 Å². The van der Waals surface area contributed by atoms with Gasteiger partial charge in [-0.25, -0.2) is 4.79 Å². The highest BCUT2D eigenvalue weighted by molar-refractivity contribution is 6.32. The maximum atomic E-state index is 12.3. The van der Waals surface area contributed by atoms with Crippen LogP contribution in [-0.4, -0.2) is 48.4 Å². The molecule has 0 aromatic heterocycles. The van der Waals surface area contributed by atoms with Crippen LogP contribution in [0.2, 0.25) is 5.02 Å². The highest BCUT2D eigenvalue weighted by atomic mass is 35.5. The molecule has 1 heterocycles. The molecule has 2 atom stereocenters. The van der Waals surface area contributed by atoms with E-state index in [9.17, 15) is 9.90 Å². The number of ether oxygens (including phenoxy) is 1. The fraction of sp³-hybridized carbons (Fsp3) is 0.588. The highest BCUT2D eigenvalue weighted by Crippen LogP contribution is 2.24. The number of rotatable bonds is 6. The molecule has 1 aromatic rings. The molecule has 0 saturated carbocycles. The fourth-order valence-electron chi connectivity index (χ4n) is 2.70. The van der Waals surface area contributed by atoms with Crippen molar-refractivity contribution in [2.75, 3.05) is 26.2 Å². The number of benzene rings is 1. The first-order valence-electron chi connectivity index (χ1n) is 8.18. The van der Waals surface area contributed by atoms with E-state index >= 15 is 0 Å². The second kappa shape index (κ2) is 8.99. The topological polar surface area (TPSA) is 61.8 Å². The Morgan fingerprint density at radius 3 is 3.00 bits per heavy atom. The SMILES string of the molecule is CC[C@@H](CNC(=O)N1CCC[C@H](CO)C1)Oc1ccccc1Cl. The summed E-state index contributed by atoms with van der Waals surface area (Å²) in [6, 6.07) is 7.24. The average molecular weight is 341 g/mol. The summed E-state index contributed by atoms with van der Waals surface area (Å²) < 4.78 is 5.87. The maximum absolute atomic E-state index is 12.3. The van der Waals surface area contributed by atoms with Gasteiger partial charge in [0.15, 0.2) is 0 Å². The minimum atomic E-state index is -0.128. The normalized spacial score (nSPS) is 19.3. The number of nitrogens with one attached hydrogen (secondary N) is 1. The molecule has 128 valence electrons. The summed E-state index contributed by atoms with van der Waals surface area (Å²) in [5.74, 6) is 0.824. The lowest BCUT2D eigenvalue weighted by Gasteiger charge is -2.32. The Kier molecular flexibility index (Phi) is 6.99. The number of carbonyl (C=O) groups excluding carboxylic acids is 1. The molecule has 23 heavy (non-hydrogen) atoms. The van der Waals surface area contributed by atoms with Crippen molar-refractivity contribution in [2.45, 2.75) is 32.3 Å². The molecule has 0 unspecified atom stereocenters. The fourth-order valence-corrected chi connectivity index (χ4v) is 2.88. The van der Waals surface area contributed by atoms with Crippen molar-refractivity contribution in [2.24, 2.45) is 5.92 Å². The molecule has 2 rings (SSSR count). The number of piperidine rings is 1. The van der Waals surface area contributed by atoms with Crippen molar-refractivity contribution in [1.29, 1.82) is 0 Å². The number of aliphatic hydroxyl groups excluding tert-OH is 1. The van der Waals surface area contributed by atoms with Crippen molar-refractivity contribution in [3.63, 3.8) is 0 Å². The number of amides is 2. The van der Waals surface area contributed by atoms with Crippen LogP contribution in [0.4, 0.5) is 4.79 Å². The molecule has 1 aliphatic heterocycles. The number of hydrogen-bond acceptors (Lipinski definition) is 3. The summed E-state index contributed by atoms with van der Waals surface area (Å²) in [6.45, 7) is 3.93. The van der Waals surface area contributed by atoms with Gasteiger partial charge in [-0.05, 0) is 37.3 Å². The lowest BCUT2D eigenvalue weighted by atomic mass is 9.99. The Bertz CT molecular complexity index is 512. The molecule has 1 fully saturated rings. The van der Waals surface area contributed by atoms with Crippen molar-refractivity contribution in [1.82, 2.24) is 10.2 Å². The van der Waals surface area contributed by atoms with Crippen molar-refractivity contribution < 1.29 is 14.6 Å². The third-order valence-electron chi connectivity index (χ3n) is 4.13. The zero-order valence-electron chi connectivity index (χ0n) is 13.5. The van der Waals surface area contributed by atoms with E-state index in [-0.39, 0.29) is 24.7 Å². The van der Waals surface area contributed by atoms with Crippen molar-refractivity contribution in [3.05, 3.63) is 29.3 Å². The van der Waals surface area contributed by atoms with Crippen LogP contribution in [0.15, 0.2) is 24.3 Å². The number of likely N-dealkylation sites (tertiary alicyclic amines) is 1. The number of para-hydroxylation sites is 1. The summed E-state index contributed by atoms with van der Waals surface area (Å²) in [7, 11) is 0. The first kappa shape index (κ1) is 17.9. The van der Waals surface area contributed by atoms with E-state index in [1.165, 1.54) is 0 Å². The summed E-state index contributed by atoms with van der Waals surface area (Å²) >= 11 is 6.10. The van der Waals surface area contributed by atoms with Gasteiger partial charge in [0.1, 0.15) is 11.9 Å². The molecule has 2 amide bonds. The summed E-state index contributed by atoms with van der Waals surface area (Å²) in [6.07, 6.45) is 2.56. The summed E-state index contributed by atoms with van der Waals surface area (Å²) in [5.41, 5.74) is 0. The van der Waals surface area contributed by atoms with Crippen LogP contribution in [0.25, 0.3) is 0 Å². The zero-order valence-corrected chi connectivity index (χ0v) is 14.3. The van der Waals surface area contributed by atoms with Gasteiger partial charge in [-0.3, -0.25) is 0 Å². The quantitative estimate of drug-likeness (QED) is 0.837. The van der Waals surface area contributed by atoms with Crippen LogP contribution >= 0.6 is 11.6 Å². The molecule has 0 spiro atoms. The summed E-state index contributed by atoms with van der Waals surface area (Å²) in [5, 5.41) is 12.7. The molecule has 1 aliphatic rings. The Balaban J connectivity index is 1.83. The van der Waals surface area contributed by atoms with Gasteiger partial charge < -0.3 is 20.1 Å². The molecule has 0 aliphatic carbocycles. The average Bonchev–Trinajstić information content (AvgIpc) is 2.59. The maximum Gasteiger partial charge on any atom is 0.317 e. The van der Waals surface area contributed by atoms with E-state index in [1.807, 2.05) is 25.1 Å². The predicted octanol–water partition coefficient (Wildman–Crippen LogP) is 2.91. The third kappa shape index (κ3) is 5.29. The Labute approximate surface area is 142 Å². The molecular weight excluding hydrogens is 316 g/mol. The molecule has 0 radical (unpaired) electrons. The smallest absolute Gasteiger partial charge is 0.317 e. The molecule has 5 nitrogen and oxygen atoms in total. The van der Waals surface area contributed by atoms with Gasteiger partial charge in [-0.2, -0.15) is 0 Å². The molecule has 1 aromatic carbocycles. The van der Waals surface area contributed by atoms with E-state index in [4.69, 9.17) is 16.3 Å². The van der Waals surface area contributed by atoms with Gasteiger partial charge in [0, 0.05) is 19.7 Å². The number of hydrogen-bond donors (Lipinski definition) is 2. The number of carbonyl (C=O) groups is 1. The van der Waals surface area contributed by atoms with Crippen molar-refractivity contribution >= 4 is 17.6 Å². The summed E-state index contributed by atoms with van der Waals surface area (Å²) in [4.78, 5) is 14.0. The van der Waals surface area contributed by atoms with E-state index in [1.54, 1.807) is 11.0 Å². The highest BCUT2D eigenvalue weighted by Gasteiger charge is 2.23. The molecule has 2 N–H and O–H groups in total. The van der Waals surface area contributed by atoms with Gasteiger partial charge in [0.05, 0.1) is 11.6 Å². The Morgan fingerprint density at radius 2 is 2.30 bits per heavy atom. The Morgan fingerprint density at radius 1 is 1.52 bits per heavy atom. The standard InChI is InChI=1S/C17H25ClN2O3/c1-2-14(23-16-8-4-3-7-15(16)18)10-19-17(22)20-9-5-6-13(11-20)12-21/h3-4,7-8,13-14,21H,2,5-6,9-12H2,1H3,(H,19,22)/t13-,14-/m0/s1. The van der Waals surface area contributed by atoms with E-state index in [2.05, 4.69) is 5.32 Å².